The SMILES string of the molecule is CCCN(CC)Cc1ccc2c(c1)CC[C@@H]1[C@@H]2CC[C@]2(C)[C@@H](O)[C@@H](Cc3cccc(C(N)=O)c3)C[C@@H]12. The molecule has 0 unspecified atom stereocenters. The molecule has 0 heterocycles. The number of benzene rings is 2. The number of nitrogens with zero attached hydrogens (tertiary/aromatic N) is 1. The van der Waals surface area contributed by atoms with Gasteiger partial charge in [0.15, 0.2) is 0 Å². The lowest BCUT2D eigenvalue weighted by atomic mass is 9.55. The molecule has 1 amide bonds. The van der Waals surface area contributed by atoms with Gasteiger partial charge in [-0.1, -0.05) is 51.1 Å². The maximum absolute atomic E-state index is 11.7. The summed E-state index contributed by atoms with van der Waals surface area (Å²) in [6.45, 7) is 10.2. The average molecular weight is 489 g/mol. The predicted molar refractivity (Wildman–Crippen MR) is 146 cm³/mol. The molecule has 2 fully saturated rings. The van der Waals surface area contributed by atoms with Crippen molar-refractivity contribution < 1.29 is 9.90 Å². The van der Waals surface area contributed by atoms with Crippen molar-refractivity contribution in [3.63, 3.8) is 0 Å². The molecule has 0 aliphatic heterocycles. The third-order valence-corrected chi connectivity index (χ3v) is 10.0. The van der Waals surface area contributed by atoms with Crippen LogP contribution in [0.1, 0.15) is 91.4 Å². The van der Waals surface area contributed by atoms with E-state index in [4.69, 9.17) is 5.73 Å². The van der Waals surface area contributed by atoms with E-state index >= 15 is 0 Å². The fourth-order valence-corrected chi connectivity index (χ4v) is 8.16. The molecule has 0 bridgehead atoms. The van der Waals surface area contributed by atoms with Crippen molar-refractivity contribution in [2.75, 3.05) is 13.1 Å². The van der Waals surface area contributed by atoms with Crippen LogP contribution in [-0.4, -0.2) is 35.1 Å². The molecule has 6 atom stereocenters. The minimum Gasteiger partial charge on any atom is -0.392 e. The summed E-state index contributed by atoms with van der Waals surface area (Å²) in [4.78, 5) is 14.2. The van der Waals surface area contributed by atoms with Gasteiger partial charge in [-0.05, 0) is 122 Å². The normalized spacial score (nSPS) is 31.1. The second-order valence-corrected chi connectivity index (χ2v) is 12.1. The Labute approximate surface area is 217 Å². The van der Waals surface area contributed by atoms with Gasteiger partial charge in [-0.15, -0.1) is 0 Å². The van der Waals surface area contributed by atoms with E-state index in [1.54, 1.807) is 17.2 Å². The topological polar surface area (TPSA) is 66.6 Å². The summed E-state index contributed by atoms with van der Waals surface area (Å²) in [6, 6.07) is 15.0. The first-order chi connectivity index (χ1) is 17.3. The number of nitrogens with two attached hydrogens (primary N) is 1. The summed E-state index contributed by atoms with van der Waals surface area (Å²) in [5.41, 5.74) is 11.8. The number of fused-ring (bicyclic) bond motifs is 5. The van der Waals surface area contributed by atoms with Gasteiger partial charge in [0.2, 0.25) is 5.91 Å². The zero-order valence-corrected chi connectivity index (χ0v) is 22.4. The number of amides is 1. The van der Waals surface area contributed by atoms with E-state index in [1.807, 2.05) is 12.1 Å². The Morgan fingerprint density at radius 1 is 1.14 bits per heavy atom. The second kappa shape index (κ2) is 10.3. The molecule has 3 N–H and O–H groups in total. The van der Waals surface area contributed by atoms with Gasteiger partial charge >= 0.3 is 0 Å². The molecule has 0 aromatic heterocycles. The van der Waals surface area contributed by atoms with Gasteiger partial charge in [0.25, 0.3) is 0 Å². The zero-order chi connectivity index (χ0) is 25.4. The van der Waals surface area contributed by atoms with Crippen molar-refractivity contribution in [1.82, 2.24) is 4.90 Å². The van der Waals surface area contributed by atoms with Crippen molar-refractivity contribution in [2.24, 2.45) is 28.9 Å². The number of rotatable bonds is 8. The molecule has 194 valence electrons. The van der Waals surface area contributed by atoms with E-state index in [0.717, 1.165) is 50.9 Å². The average Bonchev–Trinajstić information content (AvgIpc) is 3.13. The number of primary amides is 1. The summed E-state index contributed by atoms with van der Waals surface area (Å²) in [7, 11) is 0. The number of aryl methyl sites for hydroxylation is 1. The van der Waals surface area contributed by atoms with Crippen molar-refractivity contribution in [3.05, 3.63) is 70.3 Å². The van der Waals surface area contributed by atoms with Crippen LogP contribution in [0, 0.1) is 23.2 Å². The van der Waals surface area contributed by atoms with Crippen LogP contribution in [0.5, 0.6) is 0 Å². The lowest BCUT2D eigenvalue weighted by molar-refractivity contribution is -0.0325. The first-order valence-corrected chi connectivity index (χ1v) is 14.2. The summed E-state index contributed by atoms with van der Waals surface area (Å²) in [5, 5.41) is 11.6. The highest BCUT2D eigenvalue weighted by Gasteiger charge is 2.57. The molecule has 0 spiro atoms. The molecular formula is C32H44N2O2. The molecule has 2 saturated carbocycles. The molecule has 3 aliphatic carbocycles. The van der Waals surface area contributed by atoms with Gasteiger partial charge in [-0.2, -0.15) is 0 Å². The largest absolute Gasteiger partial charge is 0.392 e. The molecule has 0 radical (unpaired) electrons. The summed E-state index contributed by atoms with van der Waals surface area (Å²) < 4.78 is 0. The fourth-order valence-electron chi connectivity index (χ4n) is 8.16. The van der Waals surface area contributed by atoms with Crippen LogP contribution < -0.4 is 5.73 Å². The number of carbonyl (C=O) groups is 1. The first-order valence-electron chi connectivity index (χ1n) is 14.2. The number of aliphatic hydroxyl groups excluding tert-OH is 1. The first kappa shape index (κ1) is 25.5. The number of aliphatic hydroxyl groups is 1. The molecule has 5 rings (SSSR count). The molecule has 2 aromatic rings. The van der Waals surface area contributed by atoms with Crippen LogP contribution in [0.15, 0.2) is 42.5 Å². The maximum atomic E-state index is 11.7. The molecule has 4 nitrogen and oxygen atoms in total. The van der Waals surface area contributed by atoms with E-state index in [2.05, 4.69) is 49.9 Å². The van der Waals surface area contributed by atoms with E-state index < -0.39 is 0 Å². The monoisotopic (exact) mass is 488 g/mol. The van der Waals surface area contributed by atoms with Crippen molar-refractivity contribution in [3.8, 4) is 0 Å². The van der Waals surface area contributed by atoms with Crippen molar-refractivity contribution in [2.45, 2.75) is 84.3 Å². The Bertz CT molecular complexity index is 1100. The molecule has 0 saturated heterocycles. The standard InChI is InChI=1S/C32H44N2O2/c1-4-15-34(5-2)20-22-9-11-26-23(18-22)10-12-28-27(26)13-14-32(3)29(28)19-25(30(32)35)17-21-7-6-8-24(16-21)31(33)36/h6-9,11,16,18,25,27-30,35H,4-5,10,12-15,17,19-20H2,1-3H3,(H2,33,36)/t25-,27+,28+,29-,30-,32-/m0/s1. The Morgan fingerprint density at radius 2 is 1.97 bits per heavy atom. The molecular weight excluding hydrogens is 444 g/mol. The third kappa shape index (κ3) is 4.63. The summed E-state index contributed by atoms with van der Waals surface area (Å²) in [6.07, 6.45) is 7.49. The number of carbonyl (C=O) groups excluding carboxylic acids is 1. The van der Waals surface area contributed by atoms with Crippen LogP contribution >= 0.6 is 0 Å². The van der Waals surface area contributed by atoms with Crippen LogP contribution in [0.2, 0.25) is 0 Å². The highest BCUT2D eigenvalue weighted by Crippen LogP contribution is 2.62. The molecule has 2 aromatic carbocycles. The van der Waals surface area contributed by atoms with Crippen molar-refractivity contribution >= 4 is 5.91 Å². The van der Waals surface area contributed by atoms with Crippen LogP contribution in [-0.2, 0) is 19.4 Å². The van der Waals surface area contributed by atoms with E-state index in [-0.39, 0.29) is 23.3 Å². The Morgan fingerprint density at radius 3 is 2.72 bits per heavy atom. The van der Waals surface area contributed by atoms with Crippen LogP contribution in [0.25, 0.3) is 0 Å². The summed E-state index contributed by atoms with van der Waals surface area (Å²) >= 11 is 0. The number of hydrogen-bond acceptors (Lipinski definition) is 3. The van der Waals surface area contributed by atoms with Crippen LogP contribution in [0.4, 0.5) is 0 Å². The van der Waals surface area contributed by atoms with Crippen molar-refractivity contribution in [1.29, 1.82) is 0 Å². The Balaban J connectivity index is 1.33. The van der Waals surface area contributed by atoms with Gasteiger partial charge in [0.05, 0.1) is 6.10 Å². The smallest absolute Gasteiger partial charge is 0.248 e. The fraction of sp³-hybridized carbons (Fsp3) is 0.594. The third-order valence-electron chi connectivity index (χ3n) is 10.0. The van der Waals surface area contributed by atoms with Crippen LogP contribution in [0.3, 0.4) is 0 Å². The van der Waals surface area contributed by atoms with E-state index in [1.165, 1.54) is 24.8 Å². The number of hydrogen-bond donors (Lipinski definition) is 2. The lowest BCUT2D eigenvalue weighted by Gasteiger charge is -2.50. The van der Waals surface area contributed by atoms with E-state index in [0.29, 0.717) is 23.3 Å². The van der Waals surface area contributed by atoms with Gasteiger partial charge in [-0.25, -0.2) is 0 Å². The maximum Gasteiger partial charge on any atom is 0.248 e. The minimum atomic E-state index is -0.385. The summed E-state index contributed by atoms with van der Waals surface area (Å²) in [5.74, 6) is 1.70. The van der Waals surface area contributed by atoms with E-state index in [9.17, 15) is 9.90 Å². The highest BCUT2D eigenvalue weighted by molar-refractivity contribution is 5.92. The molecule has 36 heavy (non-hydrogen) atoms. The molecule has 3 aliphatic rings. The zero-order valence-electron chi connectivity index (χ0n) is 22.4. The highest BCUT2D eigenvalue weighted by atomic mass is 16.3. The van der Waals surface area contributed by atoms with Gasteiger partial charge in [-0.3, -0.25) is 9.69 Å². The predicted octanol–water partition coefficient (Wildman–Crippen LogP) is 5.70. The van der Waals surface area contributed by atoms with Gasteiger partial charge in [0.1, 0.15) is 0 Å². The quantitative estimate of drug-likeness (QED) is 0.501. The van der Waals surface area contributed by atoms with Gasteiger partial charge < -0.3 is 10.8 Å². The van der Waals surface area contributed by atoms with Gasteiger partial charge in [0, 0.05) is 12.1 Å². The Hall–Kier alpha value is -2.17. The minimum absolute atomic E-state index is 0.00758. The molecule has 4 heteroatoms. The lowest BCUT2D eigenvalue weighted by Crippen LogP contribution is -2.44. The Kier molecular flexibility index (Phi) is 7.29. The second-order valence-electron chi connectivity index (χ2n) is 12.1.